The van der Waals surface area contributed by atoms with E-state index in [1.165, 1.54) is 10.4 Å². The van der Waals surface area contributed by atoms with E-state index in [1.807, 2.05) is 24.4 Å². The molecule has 24 heavy (non-hydrogen) atoms. The summed E-state index contributed by atoms with van der Waals surface area (Å²) in [5.74, 6) is -0.269. The molecule has 0 aliphatic carbocycles. The Labute approximate surface area is 146 Å². The van der Waals surface area contributed by atoms with Crippen LogP contribution in [0.2, 0.25) is 0 Å². The summed E-state index contributed by atoms with van der Waals surface area (Å²) >= 11 is 1.58. The zero-order valence-corrected chi connectivity index (χ0v) is 15.1. The zero-order valence-electron chi connectivity index (χ0n) is 13.4. The molecule has 3 rings (SSSR count). The Balaban J connectivity index is 1.78. The van der Waals surface area contributed by atoms with Crippen molar-refractivity contribution in [1.82, 2.24) is 9.62 Å². The fourth-order valence-electron chi connectivity index (χ4n) is 2.76. The molecule has 0 unspecified atom stereocenters. The molecular weight excluding hydrogens is 344 g/mol. The summed E-state index contributed by atoms with van der Waals surface area (Å²) in [6.07, 6.45) is 1.77. The van der Waals surface area contributed by atoms with Crippen LogP contribution in [0.15, 0.2) is 46.7 Å². The Morgan fingerprint density at radius 1 is 1.21 bits per heavy atom. The van der Waals surface area contributed by atoms with Crippen LogP contribution in [-0.4, -0.2) is 31.7 Å². The number of benzene rings is 1. The van der Waals surface area contributed by atoms with Crippen LogP contribution in [0.5, 0.6) is 0 Å². The summed E-state index contributed by atoms with van der Waals surface area (Å²) in [4.78, 5) is 13.7. The number of rotatable bonds is 5. The fourth-order valence-corrected chi connectivity index (χ4v) is 5.06. The van der Waals surface area contributed by atoms with Crippen molar-refractivity contribution in [2.75, 3.05) is 13.1 Å². The van der Waals surface area contributed by atoms with Crippen LogP contribution in [0.4, 0.5) is 0 Å². The van der Waals surface area contributed by atoms with E-state index in [4.69, 9.17) is 0 Å². The van der Waals surface area contributed by atoms with Gasteiger partial charge >= 0.3 is 0 Å². The maximum Gasteiger partial charge on any atom is 0.251 e. The lowest BCUT2D eigenvalue weighted by atomic mass is 10.2. The Morgan fingerprint density at radius 2 is 1.96 bits per heavy atom. The molecule has 7 heteroatoms. The minimum Gasteiger partial charge on any atom is -0.345 e. The van der Waals surface area contributed by atoms with Crippen molar-refractivity contribution >= 4 is 27.3 Å². The fraction of sp³-hybridized carbons (Fsp3) is 0.353. The van der Waals surface area contributed by atoms with Crippen LogP contribution in [0.3, 0.4) is 0 Å². The van der Waals surface area contributed by atoms with Crippen LogP contribution in [0.1, 0.15) is 41.0 Å². The predicted molar refractivity (Wildman–Crippen MR) is 94.6 cm³/mol. The van der Waals surface area contributed by atoms with Crippen molar-refractivity contribution in [2.24, 2.45) is 0 Å². The average molecular weight is 364 g/mol. The van der Waals surface area contributed by atoms with Gasteiger partial charge in [-0.2, -0.15) is 4.31 Å². The number of sulfonamides is 1. The van der Waals surface area contributed by atoms with Crippen molar-refractivity contribution in [3.8, 4) is 0 Å². The topological polar surface area (TPSA) is 66.5 Å². The lowest BCUT2D eigenvalue weighted by Crippen LogP contribution is -2.29. The number of amides is 1. The van der Waals surface area contributed by atoms with Gasteiger partial charge in [0.1, 0.15) is 0 Å². The third-order valence-corrected chi connectivity index (χ3v) is 7.07. The standard InChI is InChI=1S/C17H20N2O3S2/c1-13(16-8-5-11-23-16)18-17(20)14-6-4-7-15(12-14)24(21,22)19-9-2-3-10-19/h4-8,11-13H,2-3,9-10H2,1H3,(H,18,20)/t13-/m0/s1. The maximum atomic E-state index is 12.6. The Hall–Kier alpha value is -1.70. The van der Waals surface area contributed by atoms with Crippen molar-refractivity contribution < 1.29 is 13.2 Å². The quantitative estimate of drug-likeness (QED) is 0.887. The molecule has 1 amide bonds. The van der Waals surface area contributed by atoms with Crippen LogP contribution in [-0.2, 0) is 10.0 Å². The molecule has 0 saturated carbocycles. The van der Waals surface area contributed by atoms with Gasteiger partial charge in [0.2, 0.25) is 10.0 Å². The Kier molecular flexibility index (Phi) is 5.03. The average Bonchev–Trinajstić information content (AvgIpc) is 3.28. The number of carbonyl (C=O) groups is 1. The van der Waals surface area contributed by atoms with E-state index in [2.05, 4.69) is 5.32 Å². The lowest BCUT2D eigenvalue weighted by molar-refractivity contribution is 0.0940. The summed E-state index contributed by atoms with van der Waals surface area (Å²) in [6, 6.07) is 10.1. The molecule has 2 heterocycles. The number of thiophene rings is 1. The van der Waals surface area contributed by atoms with E-state index in [-0.39, 0.29) is 16.8 Å². The molecular formula is C17H20N2O3S2. The van der Waals surface area contributed by atoms with E-state index in [0.29, 0.717) is 18.7 Å². The molecule has 2 aromatic rings. The van der Waals surface area contributed by atoms with Gasteiger partial charge in [-0.25, -0.2) is 8.42 Å². The van der Waals surface area contributed by atoms with E-state index < -0.39 is 10.0 Å². The highest BCUT2D eigenvalue weighted by Gasteiger charge is 2.27. The van der Waals surface area contributed by atoms with Crippen molar-refractivity contribution in [1.29, 1.82) is 0 Å². The largest absolute Gasteiger partial charge is 0.345 e. The second-order valence-electron chi connectivity index (χ2n) is 5.85. The van der Waals surface area contributed by atoms with Gasteiger partial charge in [-0.05, 0) is 49.4 Å². The van der Waals surface area contributed by atoms with Gasteiger partial charge < -0.3 is 5.32 Å². The smallest absolute Gasteiger partial charge is 0.251 e. The highest BCUT2D eigenvalue weighted by molar-refractivity contribution is 7.89. The number of hydrogen-bond acceptors (Lipinski definition) is 4. The van der Waals surface area contributed by atoms with Crippen LogP contribution in [0, 0.1) is 0 Å². The Bertz CT molecular complexity index is 810. The van der Waals surface area contributed by atoms with Gasteiger partial charge in [-0.15, -0.1) is 11.3 Å². The molecule has 1 aliphatic rings. The van der Waals surface area contributed by atoms with E-state index in [0.717, 1.165) is 17.7 Å². The van der Waals surface area contributed by atoms with E-state index >= 15 is 0 Å². The monoisotopic (exact) mass is 364 g/mol. The van der Waals surface area contributed by atoms with Gasteiger partial charge in [-0.3, -0.25) is 4.79 Å². The summed E-state index contributed by atoms with van der Waals surface area (Å²) in [7, 11) is -3.51. The van der Waals surface area contributed by atoms with Gasteiger partial charge in [-0.1, -0.05) is 12.1 Å². The van der Waals surface area contributed by atoms with Crippen LogP contribution in [0.25, 0.3) is 0 Å². The van der Waals surface area contributed by atoms with Crippen molar-refractivity contribution in [3.63, 3.8) is 0 Å². The SMILES string of the molecule is C[C@H](NC(=O)c1cccc(S(=O)(=O)N2CCCC2)c1)c1cccs1. The number of carbonyl (C=O) groups excluding carboxylic acids is 1. The van der Waals surface area contributed by atoms with Gasteiger partial charge in [0.05, 0.1) is 10.9 Å². The minimum atomic E-state index is -3.51. The maximum absolute atomic E-state index is 12.6. The molecule has 1 saturated heterocycles. The normalized spacial score (nSPS) is 16.9. The first-order chi connectivity index (χ1) is 11.5. The first kappa shape index (κ1) is 17.1. The van der Waals surface area contributed by atoms with E-state index in [1.54, 1.807) is 29.5 Å². The molecule has 0 radical (unpaired) electrons. The molecule has 1 aromatic heterocycles. The zero-order chi connectivity index (χ0) is 17.2. The lowest BCUT2D eigenvalue weighted by Gasteiger charge is -2.16. The number of nitrogens with one attached hydrogen (secondary N) is 1. The van der Waals surface area contributed by atoms with Gasteiger partial charge in [0, 0.05) is 23.5 Å². The number of nitrogens with zero attached hydrogens (tertiary/aromatic N) is 1. The Morgan fingerprint density at radius 3 is 2.62 bits per heavy atom. The van der Waals surface area contributed by atoms with Gasteiger partial charge in [0.25, 0.3) is 5.91 Å². The molecule has 1 N–H and O–H groups in total. The van der Waals surface area contributed by atoms with Gasteiger partial charge in [0.15, 0.2) is 0 Å². The summed E-state index contributed by atoms with van der Waals surface area (Å²) in [6.45, 7) is 3.01. The van der Waals surface area contributed by atoms with E-state index in [9.17, 15) is 13.2 Å². The predicted octanol–water partition coefficient (Wildman–Crippen LogP) is 3.02. The highest BCUT2D eigenvalue weighted by Crippen LogP contribution is 2.22. The summed E-state index contributed by atoms with van der Waals surface area (Å²) in [5, 5.41) is 4.87. The highest BCUT2D eigenvalue weighted by atomic mass is 32.2. The third-order valence-electron chi connectivity index (χ3n) is 4.12. The number of hydrogen-bond donors (Lipinski definition) is 1. The van der Waals surface area contributed by atoms with Crippen LogP contribution < -0.4 is 5.32 Å². The van der Waals surface area contributed by atoms with Crippen molar-refractivity contribution in [3.05, 3.63) is 52.2 Å². The second-order valence-corrected chi connectivity index (χ2v) is 8.77. The van der Waals surface area contributed by atoms with Crippen LogP contribution >= 0.6 is 11.3 Å². The molecule has 1 atom stereocenters. The molecule has 0 bridgehead atoms. The summed E-state index contributed by atoms with van der Waals surface area (Å²) < 4.78 is 26.7. The first-order valence-electron chi connectivity index (χ1n) is 7.93. The minimum absolute atomic E-state index is 0.114. The second kappa shape index (κ2) is 7.04. The molecule has 5 nitrogen and oxygen atoms in total. The molecule has 1 fully saturated rings. The van der Waals surface area contributed by atoms with Crippen molar-refractivity contribution in [2.45, 2.75) is 30.7 Å². The first-order valence-corrected chi connectivity index (χ1v) is 10.2. The summed E-state index contributed by atoms with van der Waals surface area (Å²) in [5.41, 5.74) is 0.360. The molecule has 128 valence electrons. The third kappa shape index (κ3) is 3.53. The molecule has 0 spiro atoms. The molecule has 1 aliphatic heterocycles. The molecule has 1 aromatic carbocycles.